The first kappa shape index (κ1) is 51.3. The second-order valence-electron chi connectivity index (χ2n) is 18.4. The second-order valence-corrected chi connectivity index (χ2v) is 18.4. The summed E-state index contributed by atoms with van der Waals surface area (Å²) in [5, 5.41) is 47.1. The van der Waals surface area contributed by atoms with Gasteiger partial charge in [-0.05, 0) is 94.8 Å². The zero-order chi connectivity index (χ0) is 44.9. The van der Waals surface area contributed by atoms with Crippen LogP contribution in [0.1, 0.15) is 102 Å². The molecule has 0 amide bonds. The van der Waals surface area contributed by atoms with Crippen LogP contribution in [0.4, 0.5) is 0 Å². The van der Waals surface area contributed by atoms with Crippen LogP contribution in [0.15, 0.2) is 0 Å². The van der Waals surface area contributed by atoms with Crippen molar-refractivity contribution in [3.8, 4) is 0 Å². The van der Waals surface area contributed by atoms with Crippen LogP contribution in [-0.2, 0) is 52.3 Å². The highest BCUT2D eigenvalue weighted by atomic mass is 16.7. The summed E-state index contributed by atoms with van der Waals surface area (Å²) < 4.78 is 48.9. The van der Waals surface area contributed by atoms with Crippen molar-refractivity contribution >= 4 is 17.9 Å². The number of ether oxygens (including phenoxy) is 8. The first-order valence-electron chi connectivity index (χ1n) is 21.1. The van der Waals surface area contributed by atoms with E-state index in [2.05, 4.69) is 0 Å². The summed E-state index contributed by atoms with van der Waals surface area (Å²) in [6.45, 7) is 18.2. The molecule has 344 valence electrons. The number of methoxy groups -OCH3 is 1. The quantitative estimate of drug-likeness (QED) is 0.183. The molecule has 0 saturated carbocycles. The summed E-state index contributed by atoms with van der Waals surface area (Å²) in [5.41, 5.74) is -4.60. The smallest absolute Gasteiger partial charge is 0.344 e. The monoisotopic (exact) mass is 849 g/mol. The number of hydrogen-bond donors (Lipinski definition) is 4. The third kappa shape index (κ3) is 12.6. The number of nitrogens with zero attached hydrogens (tertiary/aromatic N) is 2. The van der Waals surface area contributed by atoms with Crippen molar-refractivity contribution < 1.29 is 72.7 Å². The first-order chi connectivity index (χ1) is 27.2. The second kappa shape index (κ2) is 20.9. The van der Waals surface area contributed by atoms with Gasteiger partial charge in [0.1, 0.15) is 23.9 Å². The maximum Gasteiger partial charge on any atom is 0.344 e. The van der Waals surface area contributed by atoms with Gasteiger partial charge in [-0.1, -0.05) is 20.8 Å². The molecule has 0 spiro atoms. The number of cyclic esters (lactones) is 1. The lowest BCUT2D eigenvalue weighted by molar-refractivity contribution is -0.319. The molecule has 17 nitrogen and oxygen atoms in total. The molecular formula is C42H76N2O15. The zero-order valence-electron chi connectivity index (χ0n) is 38.1. The molecule has 0 aromatic heterocycles. The Morgan fingerprint density at radius 3 is 2.14 bits per heavy atom. The molecule has 0 aromatic carbocycles. The lowest BCUT2D eigenvalue weighted by Crippen LogP contribution is -2.61. The van der Waals surface area contributed by atoms with Crippen molar-refractivity contribution in [2.45, 2.75) is 192 Å². The maximum atomic E-state index is 14.4. The molecule has 3 saturated heterocycles. The Bertz CT molecular complexity index is 1380. The molecule has 3 rings (SSSR count). The van der Waals surface area contributed by atoms with Gasteiger partial charge in [-0.15, -0.1) is 0 Å². The van der Waals surface area contributed by atoms with Crippen LogP contribution in [-0.4, -0.2) is 180 Å². The van der Waals surface area contributed by atoms with Crippen LogP contribution in [0.2, 0.25) is 0 Å². The SMILES string of the molecule is CC[C@H]1OC(=O)[C@H](C)[C@@H](O[C@H]2C[C@@](C)(OC)[C@@H](O)[C@H](C)O2)[C@H](C)[C@@H](O[C@@H]2O[C@H](C)C[C@H](N(C)C)[C@H]2OC(=O)COC(C)=O)[C@](C)(O)C[C@@H](C)CN(C)[C@H](C)[C@@H](O)[C@]1(C)O. The van der Waals surface area contributed by atoms with Gasteiger partial charge in [0.15, 0.2) is 25.3 Å². The lowest BCUT2D eigenvalue weighted by Gasteiger charge is -2.49. The van der Waals surface area contributed by atoms with E-state index in [-0.39, 0.29) is 31.3 Å². The molecular weight excluding hydrogens is 772 g/mol. The number of carbonyl (C=O) groups excluding carboxylic acids is 3. The van der Waals surface area contributed by atoms with Gasteiger partial charge in [0.05, 0.1) is 47.6 Å². The van der Waals surface area contributed by atoms with Crippen LogP contribution >= 0.6 is 0 Å². The van der Waals surface area contributed by atoms with Crippen molar-refractivity contribution in [1.29, 1.82) is 0 Å². The van der Waals surface area contributed by atoms with Crippen LogP contribution in [0.5, 0.6) is 0 Å². The fourth-order valence-corrected chi connectivity index (χ4v) is 9.19. The van der Waals surface area contributed by atoms with E-state index in [0.29, 0.717) is 13.0 Å². The molecule has 3 aliphatic heterocycles. The molecule has 3 heterocycles. The van der Waals surface area contributed by atoms with E-state index < -0.39 is 121 Å². The molecule has 18 atom stereocenters. The Morgan fingerprint density at radius 1 is 0.949 bits per heavy atom. The van der Waals surface area contributed by atoms with Crippen molar-refractivity contribution in [2.24, 2.45) is 17.8 Å². The molecule has 0 aliphatic carbocycles. The van der Waals surface area contributed by atoms with E-state index in [1.54, 1.807) is 48.5 Å². The van der Waals surface area contributed by atoms with Crippen molar-refractivity contribution in [3.05, 3.63) is 0 Å². The molecule has 0 aromatic rings. The van der Waals surface area contributed by atoms with Crippen LogP contribution in [0.25, 0.3) is 0 Å². The Morgan fingerprint density at radius 2 is 1.58 bits per heavy atom. The molecule has 4 N–H and O–H groups in total. The average Bonchev–Trinajstić information content (AvgIpc) is 3.14. The van der Waals surface area contributed by atoms with Crippen LogP contribution < -0.4 is 0 Å². The minimum atomic E-state index is -1.85. The average molecular weight is 849 g/mol. The lowest BCUT2D eigenvalue weighted by atomic mass is 9.77. The third-order valence-electron chi connectivity index (χ3n) is 12.8. The normalized spacial score (nSPS) is 44.9. The topological polar surface area (TPSA) is 212 Å². The van der Waals surface area contributed by atoms with Gasteiger partial charge in [0.25, 0.3) is 0 Å². The summed E-state index contributed by atoms with van der Waals surface area (Å²) in [5.74, 6) is -4.38. The van der Waals surface area contributed by atoms with Crippen molar-refractivity contribution in [3.63, 3.8) is 0 Å². The van der Waals surface area contributed by atoms with Gasteiger partial charge in [-0.25, -0.2) is 4.79 Å². The fourth-order valence-electron chi connectivity index (χ4n) is 9.19. The molecule has 0 radical (unpaired) electrons. The number of hydrogen-bond acceptors (Lipinski definition) is 17. The standard InChI is InChI=1S/C42H76N2O15/c1-16-30-42(11,51)35(47)26(6)44(14)20-22(2)18-40(9,50)37(59-39-34(57-31(46)21-53-28(8)45)29(43(12)13)17-23(3)54-39)24(4)33(25(5)38(49)56-30)58-32-19-41(10,52-15)36(48)27(7)55-32/h22-27,29-30,32-37,39,47-48,50-51H,16-21H2,1-15H3/t22-,23-,24+,25-,26-,27+,29+,30-,32+,33+,34-,35-,36+,37-,39+,40-,41-,42-/m1/s1. The van der Waals surface area contributed by atoms with Gasteiger partial charge in [0, 0.05) is 39.0 Å². The Kier molecular flexibility index (Phi) is 18.2. The summed E-state index contributed by atoms with van der Waals surface area (Å²) in [6, 6.07) is -1.00. The first-order valence-corrected chi connectivity index (χ1v) is 21.1. The van der Waals surface area contributed by atoms with Gasteiger partial charge < -0.3 is 68.1 Å². The highest BCUT2D eigenvalue weighted by molar-refractivity contribution is 5.75. The Labute approximate surface area is 351 Å². The van der Waals surface area contributed by atoms with E-state index in [1.165, 1.54) is 21.0 Å². The van der Waals surface area contributed by atoms with E-state index >= 15 is 0 Å². The Hall–Kier alpha value is -2.03. The molecule has 17 heteroatoms. The largest absolute Gasteiger partial charge is 0.459 e. The summed E-state index contributed by atoms with van der Waals surface area (Å²) in [4.78, 5) is 42.8. The van der Waals surface area contributed by atoms with E-state index in [9.17, 15) is 34.8 Å². The number of carbonyl (C=O) groups is 3. The van der Waals surface area contributed by atoms with Crippen LogP contribution in [0.3, 0.4) is 0 Å². The zero-order valence-corrected chi connectivity index (χ0v) is 38.1. The van der Waals surface area contributed by atoms with E-state index in [4.69, 9.17) is 37.9 Å². The number of rotatable bonds is 10. The highest BCUT2D eigenvalue weighted by Crippen LogP contribution is 2.40. The number of aliphatic hydroxyl groups is 4. The molecule has 59 heavy (non-hydrogen) atoms. The molecule has 3 fully saturated rings. The summed E-state index contributed by atoms with van der Waals surface area (Å²) in [6.07, 6.45) is -9.26. The minimum absolute atomic E-state index is 0.0791. The number of aliphatic hydroxyl groups excluding tert-OH is 2. The third-order valence-corrected chi connectivity index (χ3v) is 12.8. The number of esters is 3. The predicted molar refractivity (Wildman–Crippen MR) is 215 cm³/mol. The molecule has 0 bridgehead atoms. The van der Waals surface area contributed by atoms with E-state index in [0.717, 1.165) is 0 Å². The fraction of sp³-hybridized carbons (Fsp3) is 0.929. The van der Waals surface area contributed by atoms with Crippen LogP contribution in [0, 0.1) is 17.8 Å². The predicted octanol–water partition coefficient (Wildman–Crippen LogP) is 2.01. The van der Waals surface area contributed by atoms with Crippen molar-refractivity contribution in [1.82, 2.24) is 9.80 Å². The maximum absolute atomic E-state index is 14.4. The highest BCUT2D eigenvalue weighted by Gasteiger charge is 2.53. The Balaban J connectivity index is 2.23. The minimum Gasteiger partial charge on any atom is -0.459 e. The van der Waals surface area contributed by atoms with Gasteiger partial charge in [-0.2, -0.15) is 0 Å². The number of likely N-dealkylation sites (N-methyl/N-ethyl adjacent to an activating group) is 2. The molecule has 0 unspecified atom stereocenters. The van der Waals surface area contributed by atoms with Gasteiger partial charge in [0.2, 0.25) is 0 Å². The van der Waals surface area contributed by atoms with Gasteiger partial charge >= 0.3 is 17.9 Å². The summed E-state index contributed by atoms with van der Waals surface area (Å²) in [7, 11) is 6.96. The van der Waals surface area contributed by atoms with Gasteiger partial charge in [-0.3, -0.25) is 9.59 Å². The summed E-state index contributed by atoms with van der Waals surface area (Å²) >= 11 is 0. The van der Waals surface area contributed by atoms with Crippen molar-refractivity contribution in [2.75, 3.05) is 41.4 Å². The van der Waals surface area contributed by atoms with E-state index in [1.807, 2.05) is 44.8 Å². The molecule has 3 aliphatic rings.